The SMILES string of the molecule is COC(=O)C(c1cc(OCCN2CC[C@H](CC(=O)OC(C)(C)C)C2)no1)C(C)C. The molecule has 0 aromatic carbocycles. The van der Waals surface area contributed by atoms with E-state index in [4.69, 9.17) is 18.7 Å². The number of nitrogens with zero attached hydrogens (tertiary/aromatic N) is 2. The Bertz CT molecular complexity index is 679. The summed E-state index contributed by atoms with van der Waals surface area (Å²) in [7, 11) is 1.36. The molecular formula is C21H34N2O6. The third kappa shape index (κ3) is 7.34. The molecule has 2 rings (SSSR count). The normalized spacial score (nSPS) is 18.7. The average Bonchev–Trinajstić information content (AvgIpc) is 3.23. The Kier molecular flexibility index (Phi) is 8.07. The Morgan fingerprint density at radius 1 is 1.34 bits per heavy atom. The number of hydrogen-bond acceptors (Lipinski definition) is 8. The van der Waals surface area contributed by atoms with Crippen molar-refractivity contribution in [2.24, 2.45) is 11.8 Å². The summed E-state index contributed by atoms with van der Waals surface area (Å²) in [5.41, 5.74) is -0.442. The van der Waals surface area contributed by atoms with Crippen LogP contribution in [0.25, 0.3) is 0 Å². The molecule has 0 amide bonds. The van der Waals surface area contributed by atoms with E-state index in [1.165, 1.54) is 7.11 Å². The van der Waals surface area contributed by atoms with E-state index < -0.39 is 11.5 Å². The van der Waals surface area contributed by atoms with Crippen molar-refractivity contribution in [3.05, 3.63) is 11.8 Å². The van der Waals surface area contributed by atoms with Gasteiger partial charge in [0.1, 0.15) is 18.1 Å². The first-order valence-corrected chi connectivity index (χ1v) is 10.2. The Morgan fingerprint density at radius 3 is 2.69 bits per heavy atom. The number of rotatable bonds is 9. The second-order valence-electron chi connectivity index (χ2n) is 8.91. The molecule has 1 fully saturated rings. The molecule has 2 atom stereocenters. The van der Waals surface area contributed by atoms with Crippen LogP contribution in [0.4, 0.5) is 0 Å². The zero-order chi connectivity index (χ0) is 21.6. The van der Waals surface area contributed by atoms with E-state index >= 15 is 0 Å². The molecule has 8 nitrogen and oxygen atoms in total. The van der Waals surface area contributed by atoms with E-state index in [9.17, 15) is 9.59 Å². The third-order valence-corrected chi connectivity index (χ3v) is 4.84. The van der Waals surface area contributed by atoms with Crippen molar-refractivity contribution in [3.63, 3.8) is 0 Å². The van der Waals surface area contributed by atoms with Gasteiger partial charge in [0.25, 0.3) is 5.88 Å². The van der Waals surface area contributed by atoms with Crippen LogP contribution in [0.3, 0.4) is 0 Å². The first-order chi connectivity index (χ1) is 13.6. The second kappa shape index (κ2) is 10.1. The monoisotopic (exact) mass is 410 g/mol. The van der Waals surface area contributed by atoms with Gasteiger partial charge in [0.2, 0.25) is 0 Å². The van der Waals surface area contributed by atoms with E-state index in [1.54, 1.807) is 6.07 Å². The maximum atomic E-state index is 12.0. The van der Waals surface area contributed by atoms with Gasteiger partial charge < -0.3 is 18.7 Å². The summed E-state index contributed by atoms with van der Waals surface area (Å²) in [5.74, 6) is 0.151. The largest absolute Gasteiger partial charge is 0.474 e. The Morgan fingerprint density at radius 2 is 2.07 bits per heavy atom. The molecule has 1 aliphatic heterocycles. The predicted octanol–water partition coefficient (Wildman–Crippen LogP) is 3.02. The molecule has 0 radical (unpaired) electrons. The van der Waals surface area contributed by atoms with Crippen LogP contribution in [0.15, 0.2) is 10.6 Å². The van der Waals surface area contributed by atoms with E-state index in [2.05, 4.69) is 10.1 Å². The van der Waals surface area contributed by atoms with Gasteiger partial charge in [-0.15, -0.1) is 0 Å². The van der Waals surface area contributed by atoms with E-state index in [0.717, 1.165) is 26.1 Å². The van der Waals surface area contributed by atoms with Gasteiger partial charge in [0.05, 0.1) is 7.11 Å². The number of ether oxygens (including phenoxy) is 3. The molecule has 0 N–H and O–H groups in total. The summed E-state index contributed by atoms with van der Waals surface area (Å²) in [6.45, 7) is 12.5. The lowest BCUT2D eigenvalue weighted by Gasteiger charge is -2.21. The summed E-state index contributed by atoms with van der Waals surface area (Å²) in [4.78, 5) is 26.2. The van der Waals surface area contributed by atoms with Gasteiger partial charge in [0.15, 0.2) is 5.76 Å². The van der Waals surface area contributed by atoms with Crippen molar-refractivity contribution >= 4 is 11.9 Å². The standard InChI is InChI=1S/C21H34N2O6/c1-14(2)19(20(25)26-6)16-12-17(22-29-16)27-10-9-23-8-7-15(13-23)11-18(24)28-21(3,4)5/h12,14-15,19H,7-11,13H2,1-6H3/t15-,19?/m1/s1. The van der Waals surface area contributed by atoms with Crippen LogP contribution in [0, 0.1) is 11.8 Å². The van der Waals surface area contributed by atoms with Crippen LogP contribution in [0.1, 0.15) is 59.1 Å². The predicted molar refractivity (Wildman–Crippen MR) is 107 cm³/mol. The lowest BCUT2D eigenvalue weighted by atomic mass is 9.93. The van der Waals surface area contributed by atoms with Gasteiger partial charge in [-0.05, 0) is 50.7 Å². The topological polar surface area (TPSA) is 91.1 Å². The minimum absolute atomic E-state index is 0.0229. The van der Waals surface area contributed by atoms with Gasteiger partial charge in [-0.2, -0.15) is 0 Å². The van der Waals surface area contributed by atoms with Crippen LogP contribution in [0.2, 0.25) is 0 Å². The number of esters is 2. The number of carbonyl (C=O) groups is 2. The molecular weight excluding hydrogens is 376 g/mol. The second-order valence-corrected chi connectivity index (χ2v) is 8.91. The quantitative estimate of drug-likeness (QED) is 0.574. The number of methoxy groups -OCH3 is 1. The van der Waals surface area contributed by atoms with Gasteiger partial charge in [-0.25, -0.2) is 0 Å². The Labute approximate surface area is 172 Å². The molecule has 1 aromatic heterocycles. The molecule has 1 aliphatic rings. The Hall–Kier alpha value is -2.09. The summed E-state index contributed by atoms with van der Waals surface area (Å²) in [6, 6.07) is 1.65. The van der Waals surface area contributed by atoms with Gasteiger partial charge in [-0.3, -0.25) is 14.5 Å². The highest BCUT2D eigenvalue weighted by Gasteiger charge is 2.30. The van der Waals surface area contributed by atoms with Gasteiger partial charge >= 0.3 is 11.9 Å². The Balaban J connectivity index is 1.75. The smallest absolute Gasteiger partial charge is 0.316 e. The minimum Gasteiger partial charge on any atom is -0.474 e. The van der Waals surface area contributed by atoms with E-state index in [1.807, 2.05) is 34.6 Å². The molecule has 1 unspecified atom stereocenters. The highest BCUT2D eigenvalue weighted by molar-refractivity contribution is 5.77. The van der Waals surface area contributed by atoms with Crippen LogP contribution >= 0.6 is 0 Å². The van der Waals surface area contributed by atoms with Crippen LogP contribution in [0.5, 0.6) is 5.88 Å². The van der Waals surface area contributed by atoms with Crippen molar-refractivity contribution in [1.29, 1.82) is 0 Å². The molecule has 29 heavy (non-hydrogen) atoms. The van der Waals surface area contributed by atoms with E-state index in [-0.39, 0.29) is 17.9 Å². The number of carbonyl (C=O) groups excluding carboxylic acids is 2. The van der Waals surface area contributed by atoms with Gasteiger partial charge in [-0.1, -0.05) is 13.8 Å². The molecule has 1 saturated heterocycles. The van der Waals surface area contributed by atoms with Crippen molar-refractivity contribution in [3.8, 4) is 5.88 Å². The minimum atomic E-state index is -0.503. The molecule has 0 aliphatic carbocycles. The van der Waals surface area contributed by atoms with Crippen LogP contribution in [-0.4, -0.2) is 60.9 Å². The van der Waals surface area contributed by atoms with Crippen molar-refractivity contribution in [2.75, 3.05) is 33.4 Å². The summed E-state index contributed by atoms with van der Waals surface area (Å²) in [6.07, 6.45) is 1.42. The molecule has 1 aromatic rings. The van der Waals surface area contributed by atoms with Crippen molar-refractivity contribution < 1.29 is 28.3 Å². The van der Waals surface area contributed by atoms with Gasteiger partial charge in [0, 0.05) is 25.6 Å². The molecule has 0 bridgehead atoms. The van der Waals surface area contributed by atoms with Crippen LogP contribution in [-0.2, 0) is 19.1 Å². The molecule has 0 spiro atoms. The number of aromatic nitrogens is 1. The fourth-order valence-corrected chi connectivity index (χ4v) is 3.51. The zero-order valence-electron chi connectivity index (χ0n) is 18.4. The summed E-state index contributed by atoms with van der Waals surface area (Å²) in [5, 5.41) is 3.90. The molecule has 164 valence electrons. The average molecular weight is 411 g/mol. The summed E-state index contributed by atoms with van der Waals surface area (Å²) < 4.78 is 21.2. The number of likely N-dealkylation sites (tertiary alicyclic amines) is 1. The third-order valence-electron chi connectivity index (χ3n) is 4.84. The fourth-order valence-electron chi connectivity index (χ4n) is 3.51. The number of hydrogen-bond donors (Lipinski definition) is 0. The molecule has 2 heterocycles. The van der Waals surface area contributed by atoms with Crippen molar-refractivity contribution in [2.45, 2.75) is 59.0 Å². The first-order valence-electron chi connectivity index (χ1n) is 10.2. The van der Waals surface area contributed by atoms with Crippen LogP contribution < -0.4 is 4.74 Å². The maximum absolute atomic E-state index is 12.0. The lowest BCUT2D eigenvalue weighted by Crippen LogP contribution is -2.28. The molecule has 0 saturated carbocycles. The fraction of sp³-hybridized carbons (Fsp3) is 0.762. The maximum Gasteiger partial charge on any atom is 0.316 e. The lowest BCUT2D eigenvalue weighted by molar-refractivity contribution is -0.155. The first kappa shape index (κ1) is 23.2. The van der Waals surface area contributed by atoms with Crippen molar-refractivity contribution in [1.82, 2.24) is 10.1 Å². The summed E-state index contributed by atoms with van der Waals surface area (Å²) >= 11 is 0. The molecule has 8 heteroatoms. The highest BCUT2D eigenvalue weighted by atomic mass is 16.6. The zero-order valence-corrected chi connectivity index (χ0v) is 18.4. The van der Waals surface area contributed by atoms with E-state index in [0.29, 0.717) is 30.6 Å². The highest BCUT2D eigenvalue weighted by Crippen LogP contribution is 2.28.